The summed E-state index contributed by atoms with van der Waals surface area (Å²) in [5.74, 6) is -0.220. The van der Waals surface area contributed by atoms with Crippen LogP contribution >= 0.6 is 11.6 Å². The zero-order chi connectivity index (χ0) is 20.1. The summed E-state index contributed by atoms with van der Waals surface area (Å²) in [5, 5.41) is 14.1. The number of hydrogen-bond donors (Lipinski definition) is 3. The molecule has 0 spiro atoms. The first kappa shape index (κ1) is 20.3. The minimum absolute atomic E-state index is 0.183. The first-order valence-electron chi connectivity index (χ1n) is 9.37. The minimum atomic E-state index is -0.540. The Balaban J connectivity index is 1.49. The maximum absolute atomic E-state index is 12.4. The van der Waals surface area contributed by atoms with Gasteiger partial charge in [0.05, 0.1) is 4.92 Å². The van der Waals surface area contributed by atoms with Gasteiger partial charge in [-0.3, -0.25) is 14.9 Å². The molecule has 3 rings (SSSR count). The minimum Gasteiger partial charge on any atom is -0.322 e. The number of rotatable bonds is 6. The van der Waals surface area contributed by atoms with E-state index in [-0.39, 0.29) is 22.3 Å². The Bertz CT molecular complexity index is 866. The Hall–Kier alpha value is -2.48. The van der Waals surface area contributed by atoms with Crippen LogP contribution < -0.4 is 15.1 Å². The monoisotopic (exact) mass is 404 g/mol. The second-order valence-corrected chi connectivity index (χ2v) is 7.75. The van der Waals surface area contributed by atoms with Crippen LogP contribution in [-0.4, -0.2) is 43.6 Å². The van der Waals surface area contributed by atoms with E-state index >= 15 is 0 Å². The van der Waals surface area contributed by atoms with Gasteiger partial charge in [0.1, 0.15) is 38.4 Å². The van der Waals surface area contributed by atoms with Crippen molar-refractivity contribution in [3.63, 3.8) is 0 Å². The molecular weight excluding hydrogens is 380 g/mol. The highest BCUT2D eigenvalue weighted by Gasteiger charge is 2.26. The maximum atomic E-state index is 12.4. The number of nitro benzene ring substituents is 1. The molecule has 8 heteroatoms. The molecule has 7 nitrogen and oxygen atoms in total. The molecule has 1 saturated heterocycles. The summed E-state index contributed by atoms with van der Waals surface area (Å²) in [6.45, 7) is 7.20. The van der Waals surface area contributed by atoms with Crippen LogP contribution in [0.1, 0.15) is 11.1 Å². The summed E-state index contributed by atoms with van der Waals surface area (Å²) in [5.41, 5.74) is 2.60. The van der Waals surface area contributed by atoms with Crippen molar-refractivity contribution in [2.24, 2.45) is 0 Å². The van der Waals surface area contributed by atoms with Crippen molar-refractivity contribution in [1.29, 1.82) is 0 Å². The van der Waals surface area contributed by atoms with Gasteiger partial charge in [-0.05, 0) is 19.1 Å². The quantitative estimate of drug-likeness (QED) is 0.484. The second kappa shape index (κ2) is 9.14. The fraction of sp³-hybridized carbons (Fsp3) is 0.350. The van der Waals surface area contributed by atoms with Crippen molar-refractivity contribution in [3.8, 4) is 0 Å². The molecule has 0 aromatic heterocycles. The number of halogens is 1. The van der Waals surface area contributed by atoms with Gasteiger partial charge in [-0.15, -0.1) is 0 Å². The number of piperazine rings is 1. The van der Waals surface area contributed by atoms with Gasteiger partial charge < -0.3 is 15.1 Å². The van der Waals surface area contributed by atoms with Crippen LogP contribution in [0.3, 0.4) is 0 Å². The highest BCUT2D eigenvalue weighted by Crippen LogP contribution is 2.27. The molecule has 2 aromatic carbocycles. The van der Waals surface area contributed by atoms with Crippen molar-refractivity contribution >= 4 is 28.9 Å². The lowest BCUT2D eigenvalue weighted by atomic mass is 10.1. The predicted molar refractivity (Wildman–Crippen MR) is 108 cm³/mol. The van der Waals surface area contributed by atoms with Gasteiger partial charge >= 0.3 is 0 Å². The van der Waals surface area contributed by atoms with Crippen LogP contribution in [0, 0.1) is 17.0 Å². The molecule has 0 atom stereocenters. The van der Waals surface area contributed by atoms with Crippen LogP contribution in [0.25, 0.3) is 0 Å². The van der Waals surface area contributed by atoms with Crippen LogP contribution in [0.5, 0.6) is 0 Å². The Morgan fingerprint density at radius 2 is 1.86 bits per heavy atom. The van der Waals surface area contributed by atoms with E-state index in [9.17, 15) is 14.9 Å². The van der Waals surface area contributed by atoms with E-state index in [2.05, 4.69) is 36.5 Å². The summed E-state index contributed by atoms with van der Waals surface area (Å²) >= 11 is 5.81. The van der Waals surface area contributed by atoms with Gasteiger partial charge in [0, 0.05) is 16.7 Å². The second-order valence-electron chi connectivity index (χ2n) is 7.31. The van der Waals surface area contributed by atoms with Crippen molar-refractivity contribution in [3.05, 3.63) is 68.7 Å². The summed E-state index contributed by atoms with van der Waals surface area (Å²) in [7, 11) is 0. The molecule has 1 amide bonds. The van der Waals surface area contributed by atoms with Gasteiger partial charge in [0.2, 0.25) is 0 Å². The summed E-state index contributed by atoms with van der Waals surface area (Å²) < 4.78 is 0. The van der Waals surface area contributed by atoms with Crippen molar-refractivity contribution in [2.45, 2.75) is 13.5 Å². The van der Waals surface area contributed by atoms with Gasteiger partial charge in [-0.1, -0.05) is 41.4 Å². The van der Waals surface area contributed by atoms with E-state index in [0.717, 1.165) is 32.7 Å². The van der Waals surface area contributed by atoms with Gasteiger partial charge in [-0.2, -0.15) is 0 Å². The lowest BCUT2D eigenvalue weighted by molar-refractivity contribution is -1.02. The molecule has 0 unspecified atom stereocenters. The standard InChI is InChI=1S/C20H23ClN4O3/c1-15-3-2-4-16(11-15)13-23-7-9-24(10-8-23)14-20(26)22-18-6-5-17(21)12-19(18)25(27)28/h2-6,11-12H,7-10,13-14H2,1H3,(H,22,26)/p+2. The summed E-state index contributed by atoms with van der Waals surface area (Å²) in [6, 6.07) is 12.8. The molecule has 1 heterocycles. The smallest absolute Gasteiger partial charge is 0.294 e. The predicted octanol–water partition coefficient (Wildman–Crippen LogP) is 0.479. The average Bonchev–Trinajstić information content (AvgIpc) is 2.64. The maximum Gasteiger partial charge on any atom is 0.294 e. The zero-order valence-corrected chi connectivity index (χ0v) is 16.6. The zero-order valence-electron chi connectivity index (χ0n) is 15.8. The molecule has 0 radical (unpaired) electrons. The number of hydrogen-bond acceptors (Lipinski definition) is 3. The van der Waals surface area contributed by atoms with Gasteiger partial charge in [-0.25, -0.2) is 0 Å². The molecule has 28 heavy (non-hydrogen) atoms. The highest BCUT2D eigenvalue weighted by atomic mass is 35.5. The van der Waals surface area contributed by atoms with E-state index in [1.165, 1.54) is 39.1 Å². The van der Waals surface area contributed by atoms with Crippen molar-refractivity contribution < 1.29 is 19.5 Å². The number of carbonyl (C=O) groups excluding carboxylic acids is 1. The number of anilines is 1. The number of nitrogens with one attached hydrogen (secondary N) is 3. The third-order valence-electron chi connectivity index (χ3n) is 5.04. The molecule has 2 aromatic rings. The lowest BCUT2D eigenvalue weighted by Gasteiger charge is -2.29. The van der Waals surface area contributed by atoms with Crippen molar-refractivity contribution in [2.75, 3.05) is 38.0 Å². The molecule has 1 aliphatic heterocycles. The normalized spacial score (nSPS) is 19.2. The van der Waals surface area contributed by atoms with E-state index in [4.69, 9.17) is 11.6 Å². The molecule has 0 bridgehead atoms. The molecule has 0 saturated carbocycles. The molecule has 148 valence electrons. The Morgan fingerprint density at radius 3 is 2.54 bits per heavy atom. The number of amides is 1. The summed E-state index contributed by atoms with van der Waals surface area (Å²) in [4.78, 5) is 25.7. The van der Waals surface area contributed by atoms with Crippen LogP contribution in [0.2, 0.25) is 5.02 Å². The number of nitro groups is 1. The molecule has 1 fully saturated rings. The number of quaternary nitrogens is 2. The molecule has 0 aliphatic carbocycles. The molecular formula is C20H25ClN4O3+2. The van der Waals surface area contributed by atoms with Crippen molar-refractivity contribution in [1.82, 2.24) is 0 Å². The van der Waals surface area contributed by atoms with E-state index in [1.807, 2.05) is 0 Å². The van der Waals surface area contributed by atoms with Crippen LogP contribution in [0.15, 0.2) is 42.5 Å². The van der Waals surface area contributed by atoms with Gasteiger partial charge in [0.15, 0.2) is 6.54 Å². The van der Waals surface area contributed by atoms with Gasteiger partial charge in [0.25, 0.3) is 11.6 Å². The molecule has 1 aliphatic rings. The number of aryl methyl sites for hydroxylation is 1. The fourth-order valence-corrected chi connectivity index (χ4v) is 3.77. The van der Waals surface area contributed by atoms with Crippen LogP contribution in [0.4, 0.5) is 11.4 Å². The van der Waals surface area contributed by atoms with Crippen LogP contribution in [-0.2, 0) is 11.3 Å². The SMILES string of the molecule is Cc1cccc(C[NH+]2CC[NH+](CC(=O)Nc3ccc(Cl)cc3[N+](=O)[O-])CC2)c1. The average molecular weight is 405 g/mol. The Kier molecular flexibility index (Phi) is 6.61. The third kappa shape index (κ3) is 5.51. The Labute approximate surface area is 169 Å². The molecule has 3 N–H and O–H groups in total. The number of benzene rings is 2. The fourth-order valence-electron chi connectivity index (χ4n) is 3.60. The highest BCUT2D eigenvalue weighted by molar-refractivity contribution is 6.31. The van der Waals surface area contributed by atoms with E-state index < -0.39 is 4.92 Å². The topological polar surface area (TPSA) is 81.1 Å². The number of carbonyl (C=O) groups is 1. The summed E-state index contributed by atoms with van der Waals surface area (Å²) in [6.07, 6.45) is 0. The Morgan fingerprint density at radius 1 is 1.14 bits per heavy atom. The van der Waals surface area contributed by atoms with E-state index in [0.29, 0.717) is 6.54 Å². The lowest BCUT2D eigenvalue weighted by Crippen LogP contribution is -3.28. The van der Waals surface area contributed by atoms with E-state index in [1.54, 1.807) is 0 Å². The largest absolute Gasteiger partial charge is 0.322 e. The number of nitrogens with zero attached hydrogens (tertiary/aromatic N) is 1. The third-order valence-corrected chi connectivity index (χ3v) is 5.28. The first-order chi connectivity index (χ1) is 13.4. The first-order valence-corrected chi connectivity index (χ1v) is 9.75.